The second kappa shape index (κ2) is 6.63. The third-order valence-electron chi connectivity index (χ3n) is 3.10. The average molecular weight is 349 g/mol. The summed E-state index contributed by atoms with van der Waals surface area (Å²) in [6, 6.07) is 11.1. The van der Waals surface area contributed by atoms with Gasteiger partial charge < -0.3 is 15.2 Å². The minimum atomic E-state index is 0.0205. The van der Waals surface area contributed by atoms with Crippen LogP contribution in [-0.4, -0.2) is 12.9 Å². The Morgan fingerprint density at radius 2 is 1.86 bits per heavy atom. The second-order valence-electron chi connectivity index (χ2n) is 4.50. The zero-order valence-electron chi connectivity index (χ0n) is 11.9. The van der Waals surface area contributed by atoms with Gasteiger partial charge in [0.25, 0.3) is 0 Å². The quantitative estimate of drug-likeness (QED) is 0.631. The summed E-state index contributed by atoms with van der Waals surface area (Å²) in [5, 5.41) is 7.43. The van der Waals surface area contributed by atoms with Gasteiger partial charge in [-0.3, -0.25) is 5.41 Å². The van der Waals surface area contributed by atoms with Gasteiger partial charge in [0.1, 0.15) is 11.6 Å². The molecular weight excluding hydrogens is 332 g/mol. The molecule has 0 aromatic heterocycles. The van der Waals surface area contributed by atoms with E-state index in [1.165, 1.54) is 5.56 Å². The van der Waals surface area contributed by atoms with Crippen LogP contribution < -0.4 is 15.2 Å². The number of amidine groups is 1. The maximum Gasteiger partial charge on any atom is 0.169 e. The Labute approximate surface area is 132 Å². The minimum absolute atomic E-state index is 0.0205. The summed E-state index contributed by atoms with van der Waals surface area (Å²) in [4.78, 5) is 0. The first-order valence-corrected chi connectivity index (χ1v) is 7.33. The number of rotatable bonds is 5. The van der Waals surface area contributed by atoms with Crippen molar-refractivity contribution in [3.05, 3.63) is 52.0 Å². The lowest BCUT2D eigenvalue weighted by Gasteiger charge is -2.13. The largest absolute Gasteiger partial charge is 0.493 e. The van der Waals surface area contributed by atoms with Gasteiger partial charge in [-0.05, 0) is 58.2 Å². The highest BCUT2D eigenvalue weighted by atomic mass is 79.9. The molecule has 0 saturated heterocycles. The first-order chi connectivity index (χ1) is 10.0. The number of hydrogen-bond donors (Lipinski definition) is 2. The van der Waals surface area contributed by atoms with Gasteiger partial charge in [0.15, 0.2) is 11.5 Å². The molecule has 2 aromatic rings. The lowest BCUT2D eigenvalue weighted by Crippen LogP contribution is -2.10. The molecule has 110 valence electrons. The van der Waals surface area contributed by atoms with Crippen LogP contribution in [0.2, 0.25) is 0 Å². The summed E-state index contributed by atoms with van der Waals surface area (Å²) >= 11 is 3.43. The average Bonchev–Trinajstić information content (AvgIpc) is 2.49. The molecule has 4 nitrogen and oxygen atoms in total. The van der Waals surface area contributed by atoms with Crippen LogP contribution >= 0.6 is 15.9 Å². The number of nitrogen functional groups attached to an aromatic ring is 1. The van der Waals surface area contributed by atoms with Gasteiger partial charge in [0, 0.05) is 5.56 Å². The molecule has 21 heavy (non-hydrogen) atoms. The molecule has 0 aliphatic carbocycles. The van der Waals surface area contributed by atoms with Crippen molar-refractivity contribution in [2.24, 2.45) is 5.73 Å². The highest BCUT2D eigenvalue weighted by Gasteiger charge is 2.10. The molecule has 0 fully saturated rings. The summed E-state index contributed by atoms with van der Waals surface area (Å²) in [5.74, 6) is 2.00. The summed E-state index contributed by atoms with van der Waals surface area (Å²) < 4.78 is 12.0. The smallest absolute Gasteiger partial charge is 0.169 e. The van der Waals surface area contributed by atoms with Crippen LogP contribution in [0.3, 0.4) is 0 Å². The molecule has 0 bridgehead atoms. The minimum Gasteiger partial charge on any atom is -0.493 e. The molecule has 0 atom stereocenters. The van der Waals surface area contributed by atoms with Gasteiger partial charge >= 0.3 is 0 Å². The van der Waals surface area contributed by atoms with E-state index >= 15 is 0 Å². The van der Waals surface area contributed by atoms with E-state index in [9.17, 15) is 0 Å². The number of aryl methyl sites for hydroxylation is 1. The van der Waals surface area contributed by atoms with Crippen LogP contribution in [0.4, 0.5) is 0 Å². The summed E-state index contributed by atoms with van der Waals surface area (Å²) in [5.41, 5.74) is 7.29. The molecule has 0 aliphatic heterocycles. The first-order valence-electron chi connectivity index (χ1n) is 6.54. The number of ether oxygens (including phenoxy) is 2. The summed E-state index contributed by atoms with van der Waals surface area (Å²) in [6.07, 6.45) is 0.938. The molecular formula is C16H17BrN2O2. The van der Waals surface area contributed by atoms with Crippen molar-refractivity contribution < 1.29 is 9.47 Å². The molecule has 0 saturated carbocycles. The monoisotopic (exact) mass is 348 g/mol. The van der Waals surface area contributed by atoms with Gasteiger partial charge in [-0.15, -0.1) is 0 Å². The topological polar surface area (TPSA) is 68.3 Å². The third-order valence-corrected chi connectivity index (χ3v) is 3.72. The zero-order chi connectivity index (χ0) is 15.4. The Bertz CT molecular complexity index is 671. The van der Waals surface area contributed by atoms with Crippen molar-refractivity contribution in [1.29, 1.82) is 5.41 Å². The normalized spacial score (nSPS) is 10.2. The number of hydrogen-bond acceptors (Lipinski definition) is 3. The van der Waals surface area contributed by atoms with E-state index in [-0.39, 0.29) is 5.84 Å². The number of nitrogens with two attached hydrogens (primary N) is 1. The van der Waals surface area contributed by atoms with Crippen molar-refractivity contribution in [2.45, 2.75) is 13.3 Å². The molecule has 3 N–H and O–H groups in total. The van der Waals surface area contributed by atoms with Crippen molar-refractivity contribution >= 4 is 21.8 Å². The Morgan fingerprint density at radius 3 is 2.43 bits per heavy atom. The van der Waals surface area contributed by atoms with Gasteiger partial charge in [0.2, 0.25) is 0 Å². The summed E-state index contributed by atoms with van der Waals surface area (Å²) in [7, 11) is 1.62. The fourth-order valence-electron chi connectivity index (χ4n) is 1.89. The van der Waals surface area contributed by atoms with E-state index in [4.69, 9.17) is 20.6 Å². The predicted molar refractivity (Wildman–Crippen MR) is 87.6 cm³/mol. The number of nitrogens with one attached hydrogen (secondary N) is 1. The van der Waals surface area contributed by atoms with E-state index in [1.54, 1.807) is 25.3 Å². The Hall–Kier alpha value is -2.01. The SMILES string of the molecule is CCc1ccc(Oc2ccc(C(=N)N)cc2Br)c(OC)c1. The molecule has 0 unspecified atom stereocenters. The van der Waals surface area contributed by atoms with Crippen molar-refractivity contribution in [3.8, 4) is 17.2 Å². The number of methoxy groups -OCH3 is 1. The molecule has 0 amide bonds. The van der Waals surface area contributed by atoms with Crippen LogP contribution in [0.25, 0.3) is 0 Å². The van der Waals surface area contributed by atoms with Crippen molar-refractivity contribution in [2.75, 3.05) is 7.11 Å². The maximum absolute atomic E-state index is 7.43. The van der Waals surface area contributed by atoms with Gasteiger partial charge in [-0.1, -0.05) is 13.0 Å². The Balaban J connectivity index is 2.32. The lowest BCUT2D eigenvalue weighted by molar-refractivity contribution is 0.377. The molecule has 0 aliphatic rings. The van der Waals surface area contributed by atoms with Gasteiger partial charge in [-0.25, -0.2) is 0 Å². The number of halogens is 1. The summed E-state index contributed by atoms with van der Waals surface area (Å²) in [6.45, 7) is 2.09. The van der Waals surface area contributed by atoms with E-state index in [1.807, 2.05) is 18.2 Å². The second-order valence-corrected chi connectivity index (χ2v) is 5.35. The molecule has 0 radical (unpaired) electrons. The molecule has 2 rings (SSSR count). The van der Waals surface area contributed by atoms with Crippen LogP contribution in [0.5, 0.6) is 17.2 Å². The van der Waals surface area contributed by atoms with Gasteiger partial charge in [-0.2, -0.15) is 0 Å². The molecule has 0 heterocycles. The number of benzene rings is 2. The van der Waals surface area contributed by atoms with Crippen LogP contribution in [0.1, 0.15) is 18.1 Å². The third kappa shape index (κ3) is 3.55. The van der Waals surface area contributed by atoms with Crippen molar-refractivity contribution in [3.63, 3.8) is 0 Å². The Kier molecular flexibility index (Phi) is 4.85. The first kappa shape index (κ1) is 15.4. The maximum atomic E-state index is 7.43. The fourth-order valence-corrected chi connectivity index (χ4v) is 2.35. The molecule has 2 aromatic carbocycles. The highest BCUT2D eigenvalue weighted by molar-refractivity contribution is 9.10. The van der Waals surface area contributed by atoms with E-state index in [0.717, 1.165) is 10.9 Å². The van der Waals surface area contributed by atoms with Crippen LogP contribution in [-0.2, 0) is 6.42 Å². The highest BCUT2D eigenvalue weighted by Crippen LogP contribution is 2.36. The van der Waals surface area contributed by atoms with E-state index in [0.29, 0.717) is 22.8 Å². The zero-order valence-corrected chi connectivity index (χ0v) is 13.5. The van der Waals surface area contributed by atoms with Gasteiger partial charge in [0.05, 0.1) is 11.6 Å². The van der Waals surface area contributed by atoms with E-state index in [2.05, 4.69) is 22.9 Å². The fraction of sp³-hybridized carbons (Fsp3) is 0.188. The lowest BCUT2D eigenvalue weighted by atomic mass is 10.1. The van der Waals surface area contributed by atoms with E-state index < -0.39 is 0 Å². The standard InChI is InChI=1S/C16H17BrN2O2/c1-3-10-4-6-14(15(8-10)20-2)21-13-7-5-11(16(18)19)9-12(13)17/h4-9H,3H2,1-2H3,(H3,18,19). The molecule has 5 heteroatoms. The molecule has 0 spiro atoms. The van der Waals surface area contributed by atoms with Crippen molar-refractivity contribution in [1.82, 2.24) is 0 Å². The Morgan fingerprint density at radius 1 is 1.14 bits per heavy atom. The predicted octanol–water partition coefficient (Wildman–Crippen LogP) is 4.10. The van der Waals surface area contributed by atoms with Crippen LogP contribution in [0, 0.1) is 5.41 Å². The van der Waals surface area contributed by atoms with Crippen LogP contribution in [0.15, 0.2) is 40.9 Å².